The fraction of sp³-hybridized carbons (Fsp3) is 0.185. The smallest absolute Gasteiger partial charge is 0.343 e. The van der Waals surface area contributed by atoms with Crippen LogP contribution in [0.1, 0.15) is 27.1 Å². The van der Waals surface area contributed by atoms with Gasteiger partial charge in [0.2, 0.25) is 5.91 Å². The number of ketones is 1. The van der Waals surface area contributed by atoms with E-state index in [-0.39, 0.29) is 52.7 Å². The molecule has 41 heavy (non-hydrogen) atoms. The maximum absolute atomic E-state index is 12.6. The Morgan fingerprint density at radius 3 is 2.12 bits per heavy atom. The van der Waals surface area contributed by atoms with Crippen LogP contribution in [0.25, 0.3) is 0 Å². The van der Waals surface area contributed by atoms with Gasteiger partial charge in [-0.05, 0) is 42.5 Å². The van der Waals surface area contributed by atoms with Crippen molar-refractivity contribution >= 4 is 40.7 Å². The van der Waals surface area contributed by atoms with Gasteiger partial charge in [0.25, 0.3) is 11.4 Å². The predicted octanol–water partition coefficient (Wildman–Crippen LogP) is 3.51. The van der Waals surface area contributed by atoms with Crippen molar-refractivity contribution in [3.05, 3.63) is 98.1 Å². The number of methoxy groups -OCH3 is 1. The molecule has 0 aromatic heterocycles. The Hall–Kier alpha value is -5.66. The lowest BCUT2D eigenvalue weighted by Gasteiger charge is -2.19. The van der Waals surface area contributed by atoms with Gasteiger partial charge in [0, 0.05) is 36.7 Å². The Bertz CT molecular complexity index is 1540. The first-order valence-electron chi connectivity index (χ1n) is 12.0. The van der Waals surface area contributed by atoms with Crippen LogP contribution in [0.5, 0.6) is 11.5 Å². The lowest BCUT2D eigenvalue weighted by Crippen LogP contribution is -2.27. The minimum atomic E-state index is -0.864. The molecule has 4 rings (SSSR count). The summed E-state index contributed by atoms with van der Waals surface area (Å²) in [4.78, 5) is 71.8. The van der Waals surface area contributed by atoms with Gasteiger partial charge in [-0.25, -0.2) is 4.79 Å². The van der Waals surface area contributed by atoms with Crippen molar-refractivity contribution in [2.24, 2.45) is 5.92 Å². The number of non-ortho nitro benzene ring substituents is 2. The molecule has 1 saturated heterocycles. The molecular formula is C27H21N3O11. The van der Waals surface area contributed by atoms with E-state index < -0.39 is 46.0 Å². The Balaban J connectivity index is 1.31. The number of hydrogen-bond acceptors (Lipinski definition) is 11. The first-order chi connectivity index (χ1) is 19.6. The molecular weight excluding hydrogens is 542 g/mol. The van der Waals surface area contributed by atoms with Gasteiger partial charge in [0.1, 0.15) is 11.5 Å². The summed E-state index contributed by atoms with van der Waals surface area (Å²) in [5.41, 5.74) is 0.143. The molecule has 0 aliphatic carbocycles. The van der Waals surface area contributed by atoms with Gasteiger partial charge in [-0.1, -0.05) is 0 Å². The molecule has 210 valence electrons. The van der Waals surface area contributed by atoms with Crippen molar-refractivity contribution in [1.82, 2.24) is 0 Å². The largest absolute Gasteiger partial charge is 0.494 e. The van der Waals surface area contributed by atoms with E-state index >= 15 is 0 Å². The summed E-state index contributed by atoms with van der Waals surface area (Å²) in [5, 5.41) is 21.8. The van der Waals surface area contributed by atoms with Crippen LogP contribution in [0.15, 0.2) is 66.7 Å². The highest BCUT2D eigenvalue weighted by atomic mass is 16.6. The van der Waals surface area contributed by atoms with Gasteiger partial charge in [-0.2, -0.15) is 0 Å². The second-order valence-corrected chi connectivity index (χ2v) is 8.77. The highest BCUT2D eigenvalue weighted by Crippen LogP contribution is 2.36. The number of rotatable bonds is 10. The van der Waals surface area contributed by atoms with Crippen LogP contribution in [0.4, 0.5) is 17.1 Å². The number of esters is 2. The molecule has 0 saturated carbocycles. The molecule has 3 aromatic rings. The van der Waals surface area contributed by atoms with Crippen LogP contribution in [0.2, 0.25) is 0 Å². The van der Waals surface area contributed by atoms with Gasteiger partial charge in [-0.3, -0.25) is 34.6 Å². The zero-order chi connectivity index (χ0) is 29.7. The zero-order valence-electron chi connectivity index (χ0n) is 21.4. The van der Waals surface area contributed by atoms with E-state index in [9.17, 15) is 39.4 Å². The number of nitro groups is 2. The molecule has 0 unspecified atom stereocenters. The minimum absolute atomic E-state index is 0.0607. The molecule has 14 nitrogen and oxygen atoms in total. The summed E-state index contributed by atoms with van der Waals surface area (Å²) in [6, 6.07) is 14.1. The maximum Gasteiger partial charge on any atom is 0.343 e. The Morgan fingerprint density at radius 2 is 1.51 bits per heavy atom. The predicted molar refractivity (Wildman–Crippen MR) is 140 cm³/mol. The van der Waals surface area contributed by atoms with Gasteiger partial charge in [0.05, 0.1) is 40.2 Å². The maximum atomic E-state index is 12.6. The lowest BCUT2D eigenvalue weighted by atomic mass is 10.1. The number of benzene rings is 3. The third kappa shape index (κ3) is 6.50. The van der Waals surface area contributed by atoms with Gasteiger partial charge < -0.3 is 19.1 Å². The van der Waals surface area contributed by atoms with Crippen molar-refractivity contribution in [1.29, 1.82) is 0 Å². The van der Waals surface area contributed by atoms with E-state index in [0.717, 1.165) is 0 Å². The molecule has 0 N–H and O–H groups in total. The van der Waals surface area contributed by atoms with E-state index in [0.29, 0.717) is 0 Å². The minimum Gasteiger partial charge on any atom is -0.494 e. The standard InChI is InChI=1S/C27H21N3O11/c1-39-24-13-20(30(37)38)8-11-22(24)28-14-18(12-25(28)32)26(33)40-15-23(31)16-4-9-21(10-5-16)41-27(34)17-2-6-19(7-3-17)29(35)36/h2-11,13,18H,12,14-15H2,1H3/t18-/m0/s1. The van der Waals surface area contributed by atoms with Gasteiger partial charge in [-0.15, -0.1) is 0 Å². The SMILES string of the molecule is COc1cc([N+](=O)[O-])ccc1N1C[C@@H](C(=O)OCC(=O)c2ccc(OC(=O)c3ccc([N+](=O)[O-])cc3)cc2)CC1=O. The summed E-state index contributed by atoms with van der Waals surface area (Å²) in [6.45, 7) is -0.652. The molecule has 1 amide bonds. The Kier molecular flexibility index (Phi) is 8.32. The summed E-state index contributed by atoms with van der Waals surface area (Å²) < 4.78 is 15.5. The molecule has 1 aliphatic heterocycles. The normalized spacial score (nSPS) is 14.3. The van der Waals surface area contributed by atoms with E-state index in [2.05, 4.69) is 0 Å². The number of carbonyl (C=O) groups excluding carboxylic acids is 4. The molecule has 1 fully saturated rings. The number of nitrogens with zero attached hydrogens (tertiary/aromatic N) is 3. The quantitative estimate of drug-likeness (QED) is 0.115. The van der Waals surface area contributed by atoms with Crippen LogP contribution in [0, 0.1) is 26.1 Å². The highest BCUT2D eigenvalue weighted by Gasteiger charge is 2.37. The van der Waals surface area contributed by atoms with Crippen LogP contribution in [-0.2, 0) is 14.3 Å². The summed E-state index contributed by atoms with van der Waals surface area (Å²) in [5.74, 6) is -3.11. The topological polar surface area (TPSA) is 185 Å². The fourth-order valence-electron chi connectivity index (χ4n) is 4.03. The molecule has 0 bridgehead atoms. The van der Waals surface area contributed by atoms with E-state index in [1.54, 1.807) is 0 Å². The van der Waals surface area contributed by atoms with E-state index in [1.807, 2.05) is 0 Å². The number of carbonyl (C=O) groups is 4. The third-order valence-electron chi connectivity index (χ3n) is 6.17. The van der Waals surface area contributed by atoms with Crippen molar-refractivity contribution in [2.75, 3.05) is 25.2 Å². The first-order valence-corrected chi connectivity index (χ1v) is 12.0. The van der Waals surface area contributed by atoms with E-state index in [1.165, 1.54) is 78.7 Å². The second-order valence-electron chi connectivity index (χ2n) is 8.77. The lowest BCUT2D eigenvalue weighted by molar-refractivity contribution is -0.385. The molecule has 1 heterocycles. The number of Topliss-reactive ketones (excluding diaryl/α,β-unsaturated/α-hetero) is 1. The second kappa shape index (κ2) is 12.0. The summed E-state index contributed by atoms with van der Waals surface area (Å²) in [6.07, 6.45) is -0.179. The van der Waals surface area contributed by atoms with Crippen molar-refractivity contribution in [3.8, 4) is 11.5 Å². The Morgan fingerprint density at radius 1 is 0.902 bits per heavy atom. The van der Waals surface area contributed by atoms with Gasteiger partial charge in [0.15, 0.2) is 12.4 Å². The van der Waals surface area contributed by atoms with Crippen molar-refractivity contribution in [2.45, 2.75) is 6.42 Å². The molecule has 0 radical (unpaired) electrons. The number of nitro benzene ring substituents is 2. The molecule has 0 spiro atoms. The molecule has 1 atom stereocenters. The van der Waals surface area contributed by atoms with Crippen LogP contribution < -0.4 is 14.4 Å². The van der Waals surface area contributed by atoms with Crippen LogP contribution >= 0.6 is 0 Å². The number of amides is 1. The zero-order valence-corrected chi connectivity index (χ0v) is 21.4. The number of hydrogen-bond donors (Lipinski definition) is 0. The van der Waals surface area contributed by atoms with E-state index in [4.69, 9.17) is 14.2 Å². The number of ether oxygens (including phenoxy) is 3. The van der Waals surface area contributed by atoms with Crippen molar-refractivity contribution < 1.29 is 43.2 Å². The first kappa shape index (κ1) is 28.4. The highest BCUT2D eigenvalue weighted by molar-refractivity contribution is 6.02. The average molecular weight is 563 g/mol. The fourth-order valence-corrected chi connectivity index (χ4v) is 4.03. The molecule has 1 aliphatic rings. The van der Waals surface area contributed by atoms with Gasteiger partial charge >= 0.3 is 11.9 Å². The monoisotopic (exact) mass is 563 g/mol. The van der Waals surface area contributed by atoms with Crippen LogP contribution in [0.3, 0.4) is 0 Å². The van der Waals surface area contributed by atoms with Crippen LogP contribution in [-0.4, -0.2) is 53.7 Å². The third-order valence-corrected chi connectivity index (χ3v) is 6.17. The average Bonchev–Trinajstić information content (AvgIpc) is 3.36. The summed E-state index contributed by atoms with van der Waals surface area (Å²) >= 11 is 0. The molecule has 3 aromatic carbocycles. The number of anilines is 1. The Labute approximate surface area is 231 Å². The summed E-state index contributed by atoms with van der Waals surface area (Å²) in [7, 11) is 1.30. The molecule has 14 heteroatoms. The van der Waals surface area contributed by atoms with Crippen molar-refractivity contribution in [3.63, 3.8) is 0 Å².